The van der Waals surface area contributed by atoms with Gasteiger partial charge in [-0.3, -0.25) is 0 Å². The molecule has 1 unspecified atom stereocenters. The average molecular weight is 330 g/mol. The number of halogens is 1. The monoisotopic (exact) mass is 329 g/mol. The third kappa shape index (κ3) is 2.58. The van der Waals surface area contributed by atoms with Gasteiger partial charge >= 0.3 is 0 Å². The van der Waals surface area contributed by atoms with Crippen molar-refractivity contribution in [2.75, 3.05) is 26.8 Å². The lowest BCUT2D eigenvalue weighted by Crippen LogP contribution is -2.21. The minimum atomic E-state index is 0.256. The Kier molecular flexibility index (Phi) is 3.92. The fraction of sp³-hybridized carbons (Fsp3) is 0.368. The first kappa shape index (κ1) is 14.9. The fourth-order valence-electron chi connectivity index (χ4n) is 3.68. The molecule has 1 N–H and O–H groups in total. The van der Waals surface area contributed by atoms with Crippen molar-refractivity contribution in [3.8, 4) is 11.5 Å². The van der Waals surface area contributed by atoms with Crippen LogP contribution in [0.1, 0.15) is 28.2 Å². The molecule has 2 aromatic carbocycles. The van der Waals surface area contributed by atoms with E-state index < -0.39 is 0 Å². The Labute approximate surface area is 141 Å². The summed E-state index contributed by atoms with van der Waals surface area (Å²) in [6, 6.07) is 10.6. The molecule has 0 aromatic heterocycles. The summed E-state index contributed by atoms with van der Waals surface area (Å²) in [4.78, 5) is 0. The molecule has 4 rings (SSSR count). The zero-order valence-electron chi connectivity index (χ0n) is 13.2. The second-order valence-electron chi connectivity index (χ2n) is 6.13. The van der Waals surface area contributed by atoms with Crippen molar-refractivity contribution in [1.82, 2.24) is 5.32 Å². The molecule has 23 heavy (non-hydrogen) atoms. The number of methoxy groups -OCH3 is 1. The number of fused-ring (bicyclic) bond motifs is 2. The minimum absolute atomic E-state index is 0.256. The van der Waals surface area contributed by atoms with E-state index in [1.807, 2.05) is 0 Å². The Bertz CT molecular complexity index is 744. The van der Waals surface area contributed by atoms with E-state index >= 15 is 0 Å². The van der Waals surface area contributed by atoms with Gasteiger partial charge in [-0.15, -0.1) is 0 Å². The van der Waals surface area contributed by atoms with Crippen LogP contribution in [0.2, 0.25) is 5.02 Å². The van der Waals surface area contributed by atoms with Crippen molar-refractivity contribution < 1.29 is 9.47 Å². The highest BCUT2D eigenvalue weighted by atomic mass is 35.5. The summed E-state index contributed by atoms with van der Waals surface area (Å²) in [7, 11) is 1.67. The molecule has 0 spiro atoms. The fourth-order valence-corrected chi connectivity index (χ4v) is 3.94. The van der Waals surface area contributed by atoms with Gasteiger partial charge < -0.3 is 14.8 Å². The second kappa shape index (κ2) is 6.06. The van der Waals surface area contributed by atoms with Crippen LogP contribution in [-0.4, -0.2) is 26.8 Å². The van der Waals surface area contributed by atoms with Crippen molar-refractivity contribution in [2.45, 2.75) is 18.8 Å². The third-order valence-electron chi connectivity index (χ3n) is 4.83. The van der Waals surface area contributed by atoms with Gasteiger partial charge in [0.2, 0.25) is 0 Å². The van der Waals surface area contributed by atoms with Crippen molar-refractivity contribution >= 4 is 11.6 Å². The van der Waals surface area contributed by atoms with E-state index in [9.17, 15) is 0 Å². The maximum Gasteiger partial charge on any atom is 0.137 e. The Morgan fingerprint density at radius 2 is 2.09 bits per heavy atom. The van der Waals surface area contributed by atoms with E-state index in [0.717, 1.165) is 44.0 Å². The van der Waals surface area contributed by atoms with Crippen LogP contribution in [0.4, 0.5) is 0 Å². The van der Waals surface area contributed by atoms with Crippen molar-refractivity contribution in [2.24, 2.45) is 0 Å². The van der Waals surface area contributed by atoms with E-state index in [1.165, 1.54) is 22.3 Å². The van der Waals surface area contributed by atoms with Crippen molar-refractivity contribution in [3.63, 3.8) is 0 Å². The molecule has 0 amide bonds. The number of hydrogen-bond donors (Lipinski definition) is 1. The van der Waals surface area contributed by atoms with Crippen molar-refractivity contribution in [3.05, 3.63) is 57.6 Å². The highest BCUT2D eigenvalue weighted by molar-refractivity contribution is 6.32. The smallest absolute Gasteiger partial charge is 0.137 e. The molecule has 2 heterocycles. The van der Waals surface area contributed by atoms with Gasteiger partial charge in [0.05, 0.1) is 18.7 Å². The molecule has 1 atom stereocenters. The van der Waals surface area contributed by atoms with E-state index in [4.69, 9.17) is 21.1 Å². The first-order chi connectivity index (χ1) is 11.3. The topological polar surface area (TPSA) is 30.5 Å². The number of nitrogens with one attached hydrogen (secondary N) is 1. The number of para-hydroxylation sites is 1. The van der Waals surface area contributed by atoms with Crippen LogP contribution in [-0.2, 0) is 12.8 Å². The normalized spacial score (nSPS) is 19.5. The van der Waals surface area contributed by atoms with Gasteiger partial charge in [0, 0.05) is 24.4 Å². The summed E-state index contributed by atoms with van der Waals surface area (Å²) < 4.78 is 11.4. The van der Waals surface area contributed by atoms with Crippen LogP contribution in [0.25, 0.3) is 0 Å². The van der Waals surface area contributed by atoms with E-state index in [2.05, 4.69) is 35.6 Å². The largest absolute Gasteiger partial charge is 0.495 e. The first-order valence-electron chi connectivity index (χ1n) is 8.09. The number of ether oxygens (including phenoxy) is 2. The van der Waals surface area contributed by atoms with E-state index in [-0.39, 0.29) is 5.92 Å². The van der Waals surface area contributed by atoms with Gasteiger partial charge in [-0.1, -0.05) is 29.8 Å². The molecule has 0 saturated carbocycles. The predicted octanol–water partition coefficient (Wildman–Crippen LogP) is 3.56. The highest BCUT2D eigenvalue weighted by Crippen LogP contribution is 2.41. The lowest BCUT2D eigenvalue weighted by Gasteiger charge is -2.21. The van der Waals surface area contributed by atoms with Crippen LogP contribution in [0.3, 0.4) is 0 Å². The molecule has 2 aliphatic heterocycles. The zero-order chi connectivity index (χ0) is 15.8. The van der Waals surface area contributed by atoms with Gasteiger partial charge in [0.15, 0.2) is 0 Å². The Morgan fingerprint density at radius 3 is 2.96 bits per heavy atom. The molecule has 3 nitrogen and oxygen atoms in total. The molecular formula is C19H20ClNO2. The Balaban J connectivity index is 1.86. The molecule has 2 aliphatic rings. The van der Waals surface area contributed by atoms with Gasteiger partial charge in [0.1, 0.15) is 11.5 Å². The van der Waals surface area contributed by atoms with Gasteiger partial charge in [-0.2, -0.15) is 0 Å². The van der Waals surface area contributed by atoms with Crippen LogP contribution in [0.5, 0.6) is 11.5 Å². The molecule has 4 heteroatoms. The third-order valence-corrected chi connectivity index (χ3v) is 5.12. The molecule has 0 aliphatic carbocycles. The Morgan fingerprint density at radius 1 is 1.17 bits per heavy atom. The number of rotatable bonds is 2. The first-order valence-corrected chi connectivity index (χ1v) is 8.47. The van der Waals surface area contributed by atoms with Crippen LogP contribution < -0.4 is 14.8 Å². The SMILES string of the molecule is COc1cc2c(cc1Cl)CCNCC2c1cccc2c1OCC2. The Hall–Kier alpha value is -1.71. The molecule has 2 aromatic rings. The number of benzene rings is 2. The molecule has 0 radical (unpaired) electrons. The second-order valence-corrected chi connectivity index (χ2v) is 6.53. The van der Waals surface area contributed by atoms with E-state index in [0.29, 0.717) is 5.02 Å². The lowest BCUT2D eigenvalue weighted by molar-refractivity contribution is 0.352. The van der Waals surface area contributed by atoms with Crippen LogP contribution in [0, 0.1) is 0 Å². The summed E-state index contributed by atoms with van der Waals surface area (Å²) in [6.07, 6.45) is 1.98. The molecule has 120 valence electrons. The standard InChI is InChI=1S/C19H20ClNO2/c1-22-18-10-15-13(9-17(18)20)5-7-21-11-16(15)14-4-2-3-12-6-8-23-19(12)14/h2-4,9-10,16,21H,5-8,11H2,1H3. The van der Waals surface area contributed by atoms with Crippen LogP contribution >= 0.6 is 11.6 Å². The highest BCUT2D eigenvalue weighted by Gasteiger charge is 2.27. The van der Waals surface area contributed by atoms with Crippen molar-refractivity contribution in [1.29, 1.82) is 0 Å². The summed E-state index contributed by atoms with van der Waals surface area (Å²) in [5.74, 6) is 2.07. The predicted molar refractivity (Wildman–Crippen MR) is 92.1 cm³/mol. The molecule has 0 saturated heterocycles. The lowest BCUT2D eigenvalue weighted by atomic mass is 9.86. The maximum atomic E-state index is 6.33. The summed E-state index contributed by atoms with van der Waals surface area (Å²) in [6.45, 7) is 2.64. The zero-order valence-corrected chi connectivity index (χ0v) is 14.0. The summed E-state index contributed by atoms with van der Waals surface area (Å²) >= 11 is 6.33. The van der Waals surface area contributed by atoms with Crippen LogP contribution in [0.15, 0.2) is 30.3 Å². The minimum Gasteiger partial charge on any atom is -0.495 e. The average Bonchev–Trinajstić information content (AvgIpc) is 2.96. The molecular weight excluding hydrogens is 310 g/mol. The van der Waals surface area contributed by atoms with Gasteiger partial charge in [-0.05, 0) is 41.8 Å². The quantitative estimate of drug-likeness (QED) is 0.913. The summed E-state index contributed by atoms with van der Waals surface area (Å²) in [5, 5.41) is 4.23. The van der Waals surface area contributed by atoms with Gasteiger partial charge in [0.25, 0.3) is 0 Å². The van der Waals surface area contributed by atoms with Gasteiger partial charge in [-0.25, -0.2) is 0 Å². The summed E-state index contributed by atoms with van der Waals surface area (Å²) in [5.41, 5.74) is 5.16. The molecule has 0 bridgehead atoms. The maximum absolute atomic E-state index is 6.33. The number of hydrogen-bond acceptors (Lipinski definition) is 3. The van der Waals surface area contributed by atoms with E-state index in [1.54, 1.807) is 7.11 Å². The molecule has 0 fully saturated rings.